The number of nitrogens with two attached hydrogens (primary N) is 1. The predicted octanol–water partition coefficient (Wildman–Crippen LogP) is 0.538. The molecular weight excluding hydrogens is 272 g/mol. The molecule has 4 atom stereocenters. The van der Waals surface area contributed by atoms with Crippen molar-refractivity contribution in [2.45, 2.75) is 19.0 Å². The molecule has 1 amide bonds. The van der Waals surface area contributed by atoms with E-state index in [0.29, 0.717) is 0 Å². The van der Waals surface area contributed by atoms with Crippen LogP contribution in [0.25, 0.3) is 0 Å². The smallest absolute Gasteiger partial charge is 0.311 e. The van der Waals surface area contributed by atoms with Crippen molar-refractivity contribution in [3.8, 4) is 0 Å². The number of carboxylic acids is 1. The fourth-order valence-electron chi connectivity index (χ4n) is 2.38. The minimum Gasteiger partial charge on any atom is -0.481 e. The van der Waals surface area contributed by atoms with Gasteiger partial charge in [0.1, 0.15) is 5.92 Å². The number of amides is 1. The molecule has 1 fully saturated rings. The van der Waals surface area contributed by atoms with Gasteiger partial charge in [0, 0.05) is 6.04 Å². The number of rotatable bonds is 5. The van der Waals surface area contributed by atoms with E-state index in [1.165, 1.54) is 0 Å². The fourth-order valence-corrected chi connectivity index (χ4v) is 2.38. The lowest BCUT2D eigenvalue weighted by atomic mass is 9.94. The van der Waals surface area contributed by atoms with E-state index in [4.69, 9.17) is 15.6 Å². The summed E-state index contributed by atoms with van der Waals surface area (Å²) in [7, 11) is 0. The molecule has 0 radical (unpaired) electrons. The SMILES string of the molecule is CC(C(=O)NC1COCC1C(=O)O)C(N)c1ccccc1. The molecule has 4 N–H and O–H groups in total. The normalized spacial score (nSPS) is 24.3. The van der Waals surface area contributed by atoms with Crippen LogP contribution in [0.2, 0.25) is 0 Å². The Balaban J connectivity index is 1.98. The zero-order valence-corrected chi connectivity index (χ0v) is 11.9. The number of ether oxygens (including phenoxy) is 1. The number of hydrogen-bond donors (Lipinski definition) is 3. The summed E-state index contributed by atoms with van der Waals surface area (Å²) in [6.45, 7) is 2.08. The summed E-state index contributed by atoms with van der Waals surface area (Å²) in [4.78, 5) is 23.3. The average Bonchev–Trinajstić information content (AvgIpc) is 2.95. The lowest BCUT2D eigenvalue weighted by Crippen LogP contribution is -2.46. The fraction of sp³-hybridized carbons (Fsp3) is 0.467. The van der Waals surface area contributed by atoms with E-state index >= 15 is 0 Å². The first-order valence-electron chi connectivity index (χ1n) is 6.92. The molecule has 1 aliphatic heterocycles. The number of hydrogen-bond acceptors (Lipinski definition) is 4. The maximum absolute atomic E-state index is 12.2. The Morgan fingerprint density at radius 1 is 1.33 bits per heavy atom. The molecule has 0 saturated carbocycles. The Morgan fingerprint density at radius 2 is 2.00 bits per heavy atom. The number of carbonyl (C=O) groups excluding carboxylic acids is 1. The molecular formula is C15H20N2O4. The van der Waals surface area contributed by atoms with Gasteiger partial charge >= 0.3 is 5.97 Å². The lowest BCUT2D eigenvalue weighted by Gasteiger charge is -2.23. The second-order valence-corrected chi connectivity index (χ2v) is 5.32. The molecule has 4 unspecified atom stereocenters. The quantitative estimate of drug-likeness (QED) is 0.735. The van der Waals surface area contributed by atoms with Gasteiger partial charge in [0.05, 0.1) is 25.2 Å². The molecule has 6 heteroatoms. The van der Waals surface area contributed by atoms with Gasteiger partial charge in [-0.15, -0.1) is 0 Å². The van der Waals surface area contributed by atoms with Gasteiger partial charge in [-0.3, -0.25) is 9.59 Å². The number of aliphatic carboxylic acids is 1. The average molecular weight is 292 g/mol. The molecule has 0 aromatic heterocycles. The number of carboxylic acid groups (broad SMARTS) is 1. The van der Waals surface area contributed by atoms with E-state index in [2.05, 4.69) is 5.32 Å². The second-order valence-electron chi connectivity index (χ2n) is 5.32. The van der Waals surface area contributed by atoms with Crippen molar-refractivity contribution < 1.29 is 19.4 Å². The summed E-state index contributed by atoms with van der Waals surface area (Å²) < 4.78 is 5.13. The zero-order chi connectivity index (χ0) is 15.4. The molecule has 1 aliphatic rings. The van der Waals surface area contributed by atoms with Gasteiger partial charge in [0.2, 0.25) is 5.91 Å². The highest BCUT2D eigenvalue weighted by molar-refractivity contribution is 5.81. The number of carbonyl (C=O) groups is 2. The highest BCUT2D eigenvalue weighted by Crippen LogP contribution is 2.20. The van der Waals surface area contributed by atoms with Gasteiger partial charge < -0.3 is 20.9 Å². The summed E-state index contributed by atoms with van der Waals surface area (Å²) in [6.07, 6.45) is 0. The molecule has 0 bridgehead atoms. The van der Waals surface area contributed by atoms with Gasteiger partial charge in [-0.25, -0.2) is 0 Å². The van der Waals surface area contributed by atoms with E-state index in [1.54, 1.807) is 6.92 Å². The number of nitrogens with one attached hydrogen (secondary N) is 1. The third-order valence-electron chi connectivity index (χ3n) is 3.86. The third kappa shape index (κ3) is 3.59. The minimum atomic E-state index is -0.960. The van der Waals surface area contributed by atoms with Gasteiger partial charge in [-0.1, -0.05) is 37.3 Å². The lowest BCUT2D eigenvalue weighted by molar-refractivity contribution is -0.142. The van der Waals surface area contributed by atoms with Crippen LogP contribution in [0, 0.1) is 11.8 Å². The summed E-state index contributed by atoms with van der Waals surface area (Å²) in [5.74, 6) is -2.37. The van der Waals surface area contributed by atoms with Crippen molar-refractivity contribution in [2.24, 2.45) is 17.6 Å². The number of benzene rings is 1. The molecule has 0 aliphatic carbocycles. The van der Waals surface area contributed by atoms with Crippen molar-refractivity contribution in [3.63, 3.8) is 0 Å². The van der Waals surface area contributed by atoms with Crippen LogP contribution in [0.3, 0.4) is 0 Å². The van der Waals surface area contributed by atoms with Crippen LogP contribution >= 0.6 is 0 Å². The van der Waals surface area contributed by atoms with Crippen LogP contribution in [0.4, 0.5) is 0 Å². The van der Waals surface area contributed by atoms with E-state index < -0.39 is 29.9 Å². The van der Waals surface area contributed by atoms with E-state index in [9.17, 15) is 9.59 Å². The Bertz CT molecular complexity index is 506. The van der Waals surface area contributed by atoms with Crippen LogP contribution < -0.4 is 11.1 Å². The summed E-state index contributed by atoms with van der Waals surface area (Å²) in [5.41, 5.74) is 6.97. The van der Waals surface area contributed by atoms with Gasteiger partial charge in [0.15, 0.2) is 0 Å². The minimum absolute atomic E-state index is 0.124. The maximum atomic E-state index is 12.2. The molecule has 114 valence electrons. The molecule has 2 rings (SSSR count). The van der Waals surface area contributed by atoms with E-state index in [-0.39, 0.29) is 19.1 Å². The Kier molecular flexibility index (Phi) is 4.93. The van der Waals surface area contributed by atoms with Crippen LogP contribution in [-0.4, -0.2) is 36.2 Å². The van der Waals surface area contributed by atoms with Crippen molar-refractivity contribution in [2.75, 3.05) is 13.2 Å². The summed E-state index contributed by atoms with van der Waals surface area (Å²) in [6, 6.07) is 8.42. The first-order chi connectivity index (χ1) is 10.0. The summed E-state index contributed by atoms with van der Waals surface area (Å²) >= 11 is 0. The van der Waals surface area contributed by atoms with Crippen LogP contribution in [0.5, 0.6) is 0 Å². The second kappa shape index (κ2) is 6.69. The maximum Gasteiger partial charge on any atom is 0.311 e. The van der Waals surface area contributed by atoms with E-state index in [0.717, 1.165) is 5.56 Å². The molecule has 1 heterocycles. The van der Waals surface area contributed by atoms with Crippen molar-refractivity contribution in [3.05, 3.63) is 35.9 Å². The van der Waals surface area contributed by atoms with Crippen molar-refractivity contribution in [1.82, 2.24) is 5.32 Å². The van der Waals surface area contributed by atoms with Crippen LogP contribution in [0.15, 0.2) is 30.3 Å². The predicted molar refractivity (Wildman–Crippen MR) is 76.4 cm³/mol. The molecule has 0 spiro atoms. The standard InChI is InChI=1S/C15H20N2O4/c1-9(13(16)10-5-3-2-4-6-10)14(18)17-12-8-21-7-11(12)15(19)20/h2-6,9,11-13H,7-8,16H2,1H3,(H,17,18)(H,19,20). The van der Waals surface area contributed by atoms with Gasteiger partial charge in [0.25, 0.3) is 0 Å². The molecule has 6 nitrogen and oxygen atoms in total. The van der Waals surface area contributed by atoms with Crippen LogP contribution in [0.1, 0.15) is 18.5 Å². The molecule has 1 aromatic rings. The van der Waals surface area contributed by atoms with Gasteiger partial charge in [-0.2, -0.15) is 0 Å². The molecule has 1 saturated heterocycles. The summed E-state index contributed by atoms with van der Waals surface area (Å²) in [5, 5.41) is 11.8. The van der Waals surface area contributed by atoms with Crippen molar-refractivity contribution in [1.29, 1.82) is 0 Å². The highest BCUT2D eigenvalue weighted by Gasteiger charge is 2.36. The Hall–Kier alpha value is -1.92. The third-order valence-corrected chi connectivity index (χ3v) is 3.86. The zero-order valence-electron chi connectivity index (χ0n) is 11.9. The first-order valence-corrected chi connectivity index (χ1v) is 6.92. The Morgan fingerprint density at radius 3 is 2.62 bits per heavy atom. The van der Waals surface area contributed by atoms with Gasteiger partial charge in [-0.05, 0) is 5.56 Å². The van der Waals surface area contributed by atoms with Crippen molar-refractivity contribution >= 4 is 11.9 Å². The molecule has 21 heavy (non-hydrogen) atoms. The highest BCUT2D eigenvalue weighted by atomic mass is 16.5. The van der Waals surface area contributed by atoms with E-state index in [1.807, 2.05) is 30.3 Å². The first kappa shape index (κ1) is 15.5. The largest absolute Gasteiger partial charge is 0.481 e. The topological polar surface area (TPSA) is 102 Å². The van der Waals surface area contributed by atoms with Crippen LogP contribution in [-0.2, 0) is 14.3 Å². The molecule has 1 aromatic carbocycles. The Labute approximate surface area is 123 Å². The monoisotopic (exact) mass is 292 g/mol.